The van der Waals surface area contributed by atoms with Crippen LogP contribution in [0.2, 0.25) is 0 Å². The number of hydrogen-bond acceptors (Lipinski definition) is 3. The van der Waals surface area contributed by atoms with Crippen molar-refractivity contribution < 1.29 is 23.9 Å². The van der Waals surface area contributed by atoms with Gasteiger partial charge in [-0.05, 0) is 24.1 Å². The Bertz CT molecular complexity index is 502. The molecular formula is C13H15FN2O4. The average Bonchev–Trinajstić information content (AvgIpc) is 2.36. The van der Waals surface area contributed by atoms with Crippen molar-refractivity contribution >= 4 is 17.8 Å². The Balaban J connectivity index is 2.55. The van der Waals surface area contributed by atoms with Crippen LogP contribution >= 0.6 is 0 Å². The minimum Gasteiger partial charge on any atom is -0.481 e. The highest BCUT2D eigenvalue weighted by atomic mass is 19.1. The molecule has 0 fully saturated rings. The summed E-state index contributed by atoms with van der Waals surface area (Å²) in [6, 6.07) is 4.31. The van der Waals surface area contributed by atoms with E-state index in [-0.39, 0.29) is 19.3 Å². The van der Waals surface area contributed by atoms with E-state index in [9.17, 15) is 18.8 Å². The van der Waals surface area contributed by atoms with Crippen molar-refractivity contribution in [3.63, 3.8) is 0 Å². The summed E-state index contributed by atoms with van der Waals surface area (Å²) in [5.74, 6) is -2.76. The Hall–Kier alpha value is -2.44. The van der Waals surface area contributed by atoms with Crippen LogP contribution in [-0.2, 0) is 20.8 Å². The Morgan fingerprint density at radius 1 is 1.25 bits per heavy atom. The molecule has 1 aromatic carbocycles. The topological polar surface area (TPSA) is 109 Å². The van der Waals surface area contributed by atoms with Crippen LogP contribution in [-0.4, -0.2) is 28.9 Å². The Kier molecular flexibility index (Phi) is 5.64. The van der Waals surface area contributed by atoms with Crippen molar-refractivity contribution in [2.24, 2.45) is 5.73 Å². The quantitative estimate of drug-likeness (QED) is 0.663. The third-order valence-electron chi connectivity index (χ3n) is 2.60. The van der Waals surface area contributed by atoms with E-state index in [1.54, 1.807) is 0 Å². The highest BCUT2D eigenvalue weighted by Gasteiger charge is 2.19. The molecule has 0 aromatic heterocycles. The van der Waals surface area contributed by atoms with Crippen molar-refractivity contribution in [3.8, 4) is 0 Å². The molecule has 0 spiro atoms. The van der Waals surface area contributed by atoms with Crippen LogP contribution in [0.3, 0.4) is 0 Å². The fraction of sp³-hybridized carbons (Fsp3) is 0.308. The maximum Gasteiger partial charge on any atom is 0.303 e. The minimum absolute atomic E-state index is 0.0445. The molecule has 0 saturated heterocycles. The number of carbonyl (C=O) groups excluding carboxylic acids is 2. The van der Waals surface area contributed by atoms with Crippen molar-refractivity contribution in [1.29, 1.82) is 0 Å². The second-order valence-corrected chi connectivity index (χ2v) is 4.26. The van der Waals surface area contributed by atoms with Gasteiger partial charge in [0.15, 0.2) is 0 Å². The monoisotopic (exact) mass is 282 g/mol. The molecule has 0 saturated carbocycles. The van der Waals surface area contributed by atoms with Gasteiger partial charge in [0, 0.05) is 6.42 Å². The smallest absolute Gasteiger partial charge is 0.303 e. The normalized spacial score (nSPS) is 11.7. The lowest BCUT2D eigenvalue weighted by atomic mass is 10.1. The van der Waals surface area contributed by atoms with Crippen LogP contribution in [0.1, 0.15) is 18.4 Å². The van der Waals surface area contributed by atoms with Crippen molar-refractivity contribution in [2.75, 3.05) is 0 Å². The molecule has 1 atom stereocenters. The number of carboxylic acids is 1. The molecular weight excluding hydrogens is 267 g/mol. The van der Waals surface area contributed by atoms with Crippen LogP contribution in [0, 0.1) is 5.82 Å². The van der Waals surface area contributed by atoms with Gasteiger partial charge in [-0.1, -0.05) is 12.1 Å². The largest absolute Gasteiger partial charge is 0.481 e. The maximum atomic E-state index is 12.7. The Morgan fingerprint density at radius 3 is 2.35 bits per heavy atom. The standard InChI is InChI=1S/C13H15FN2O4/c14-9-3-1-8(2-4-9)7-11(17)16-10(13(15)20)5-6-12(18)19/h1-4,10H,5-7H2,(H2,15,20)(H,16,17)(H,18,19)/t10-/m1/s1. The fourth-order valence-electron chi connectivity index (χ4n) is 1.59. The Morgan fingerprint density at radius 2 is 1.85 bits per heavy atom. The molecule has 0 aliphatic heterocycles. The van der Waals surface area contributed by atoms with Crippen LogP contribution in [0.25, 0.3) is 0 Å². The number of hydrogen-bond donors (Lipinski definition) is 3. The highest BCUT2D eigenvalue weighted by molar-refractivity contribution is 5.87. The zero-order valence-electron chi connectivity index (χ0n) is 10.6. The van der Waals surface area contributed by atoms with Gasteiger partial charge < -0.3 is 16.2 Å². The molecule has 4 N–H and O–H groups in total. The Labute approximate surface area is 114 Å². The summed E-state index contributed by atoms with van der Waals surface area (Å²) in [6.07, 6.45) is -0.388. The third-order valence-corrected chi connectivity index (χ3v) is 2.60. The van der Waals surface area contributed by atoms with E-state index < -0.39 is 29.6 Å². The van der Waals surface area contributed by atoms with Crippen LogP contribution in [0.15, 0.2) is 24.3 Å². The second kappa shape index (κ2) is 7.22. The van der Waals surface area contributed by atoms with Crippen LogP contribution in [0.4, 0.5) is 4.39 Å². The lowest BCUT2D eigenvalue weighted by molar-refractivity contribution is -0.137. The van der Waals surface area contributed by atoms with E-state index in [0.717, 1.165) is 0 Å². The van der Waals surface area contributed by atoms with Gasteiger partial charge in [0.1, 0.15) is 11.9 Å². The highest BCUT2D eigenvalue weighted by Crippen LogP contribution is 2.04. The molecule has 0 bridgehead atoms. The first-order valence-corrected chi connectivity index (χ1v) is 5.93. The first kappa shape index (κ1) is 15.6. The number of benzene rings is 1. The summed E-state index contributed by atoms with van der Waals surface area (Å²) < 4.78 is 12.7. The lowest BCUT2D eigenvalue weighted by Crippen LogP contribution is -2.45. The number of nitrogens with one attached hydrogen (secondary N) is 1. The van der Waals surface area contributed by atoms with Gasteiger partial charge >= 0.3 is 5.97 Å². The molecule has 0 aliphatic carbocycles. The average molecular weight is 282 g/mol. The van der Waals surface area contributed by atoms with Gasteiger partial charge in [0.25, 0.3) is 0 Å². The molecule has 1 rings (SSSR count). The molecule has 6 nitrogen and oxygen atoms in total. The number of nitrogens with two attached hydrogens (primary N) is 1. The predicted molar refractivity (Wildman–Crippen MR) is 68.1 cm³/mol. The number of aliphatic carboxylic acids is 1. The lowest BCUT2D eigenvalue weighted by Gasteiger charge is -2.14. The van der Waals surface area contributed by atoms with Gasteiger partial charge in [0.05, 0.1) is 6.42 Å². The minimum atomic E-state index is -1.08. The molecule has 0 aliphatic rings. The second-order valence-electron chi connectivity index (χ2n) is 4.26. The zero-order valence-corrected chi connectivity index (χ0v) is 10.6. The molecule has 2 amide bonds. The molecule has 0 heterocycles. The van der Waals surface area contributed by atoms with E-state index in [1.807, 2.05) is 0 Å². The van der Waals surface area contributed by atoms with E-state index >= 15 is 0 Å². The molecule has 20 heavy (non-hydrogen) atoms. The summed E-state index contributed by atoms with van der Waals surface area (Å²) in [6.45, 7) is 0. The molecule has 0 unspecified atom stereocenters. The van der Waals surface area contributed by atoms with Gasteiger partial charge in [-0.2, -0.15) is 0 Å². The summed E-state index contributed by atoms with van der Waals surface area (Å²) in [7, 11) is 0. The first-order valence-electron chi connectivity index (χ1n) is 5.93. The van der Waals surface area contributed by atoms with E-state index in [4.69, 9.17) is 10.8 Å². The van der Waals surface area contributed by atoms with E-state index in [2.05, 4.69) is 5.32 Å². The van der Waals surface area contributed by atoms with E-state index in [0.29, 0.717) is 5.56 Å². The number of carboxylic acid groups (broad SMARTS) is 1. The number of carbonyl (C=O) groups is 3. The van der Waals surface area contributed by atoms with Crippen molar-refractivity contribution in [3.05, 3.63) is 35.6 Å². The summed E-state index contributed by atoms with van der Waals surface area (Å²) in [5.41, 5.74) is 5.66. The van der Waals surface area contributed by atoms with Gasteiger partial charge in [-0.25, -0.2) is 4.39 Å². The molecule has 108 valence electrons. The number of rotatable bonds is 7. The summed E-state index contributed by atoms with van der Waals surface area (Å²) >= 11 is 0. The van der Waals surface area contributed by atoms with Gasteiger partial charge in [-0.3, -0.25) is 14.4 Å². The van der Waals surface area contributed by atoms with E-state index in [1.165, 1.54) is 24.3 Å². The third kappa shape index (κ3) is 5.47. The number of primary amides is 1. The summed E-state index contributed by atoms with van der Waals surface area (Å²) in [4.78, 5) is 33.2. The maximum absolute atomic E-state index is 12.7. The molecule has 0 radical (unpaired) electrons. The van der Waals surface area contributed by atoms with Gasteiger partial charge in [-0.15, -0.1) is 0 Å². The predicted octanol–water partition coefficient (Wildman–Crippen LogP) is 0.203. The molecule has 7 heteroatoms. The van der Waals surface area contributed by atoms with Crippen LogP contribution in [0.5, 0.6) is 0 Å². The van der Waals surface area contributed by atoms with Gasteiger partial charge in [0.2, 0.25) is 11.8 Å². The SMILES string of the molecule is NC(=O)[C@@H](CCC(=O)O)NC(=O)Cc1ccc(F)cc1. The first-order chi connectivity index (χ1) is 9.38. The number of halogens is 1. The fourth-order valence-corrected chi connectivity index (χ4v) is 1.59. The zero-order chi connectivity index (χ0) is 15.1. The summed E-state index contributed by atoms with van der Waals surface area (Å²) in [5, 5.41) is 10.9. The van der Waals surface area contributed by atoms with Crippen LogP contribution < -0.4 is 11.1 Å². The molecule has 1 aromatic rings. The number of amides is 2. The van der Waals surface area contributed by atoms with Crippen molar-refractivity contribution in [1.82, 2.24) is 5.32 Å². The van der Waals surface area contributed by atoms with Crippen molar-refractivity contribution in [2.45, 2.75) is 25.3 Å².